The smallest absolute Gasteiger partial charge is 0.251 e. The van der Waals surface area contributed by atoms with Crippen LogP contribution in [0.2, 0.25) is 0 Å². The van der Waals surface area contributed by atoms with E-state index < -0.39 is 48.3 Å². The standard InChI is InChI=1S/C39H44N8O5/c40-39(41)42-21-9-17-31(46-35(49)28-14-5-2-6-15-28)36(50)43-25-34(48)45-32(23-26-11-3-1-4-12-26)38(52)47-22-10-18-33(47)37(51)44-30-20-19-27-13-7-8-16-29(27)24-30/h1-8,11-16,19-20,24,31-33H,9-10,17-18,21-23,25H2,(H,43,50)(H,44,51)(H,45,48)(H,46,49)(H4,40,41,42)/t31-,32-,33-/m0/s1. The van der Waals surface area contributed by atoms with Gasteiger partial charge in [-0.1, -0.05) is 78.9 Å². The summed E-state index contributed by atoms with van der Waals surface area (Å²) in [6, 6.07) is 28.4. The average molecular weight is 705 g/mol. The SMILES string of the molecule is N=C(N)NCCC[C@H](NC(=O)c1ccccc1)C(=O)NCC(=O)N[C@@H](Cc1ccccc1)C(=O)N1CCC[C@H]1C(=O)Nc1ccc2ccccc2c1. The molecule has 4 aromatic carbocycles. The van der Waals surface area contributed by atoms with E-state index in [2.05, 4.69) is 26.6 Å². The van der Waals surface area contributed by atoms with Gasteiger partial charge in [-0.2, -0.15) is 0 Å². The molecule has 13 nitrogen and oxygen atoms in total. The van der Waals surface area contributed by atoms with Crippen molar-refractivity contribution in [3.8, 4) is 0 Å². The molecule has 1 aliphatic rings. The summed E-state index contributed by atoms with van der Waals surface area (Å²) < 4.78 is 0. The fourth-order valence-corrected chi connectivity index (χ4v) is 6.21. The number of likely N-dealkylation sites (tertiary alicyclic amines) is 1. The first-order valence-electron chi connectivity index (χ1n) is 17.3. The summed E-state index contributed by atoms with van der Waals surface area (Å²) in [6.45, 7) is 0.211. The number of carbonyl (C=O) groups excluding carboxylic acids is 5. The molecule has 0 aliphatic carbocycles. The van der Waals surface area contributed by atoms with Crippen LogP contribution in [0.3, 0.4) is 0 Å². The molecule has 0 unspecified atom stereocenters. The summed E-state index contributed by atoms with van der Waals surface area (Å²) in [5.74, 6) is -2.56. The molecule has 4 aromatic rings. The Labute approximate surface area is 302 Å². The predicted octanol–water partition coefficient (Wildman–Crippen LogP) is 2.67. The quantitative estimate of drug-likeness (QED) is 0.0561. The van der Waals surface area contributed by atoms with Crippen molar-refractivity contribution < 1.29 is 24.0 Å². The van der Waals surface area contributed by atoms with Gasteiger partial charge in [0.15, 0.2) is 5.96 Å². The number of hydrogen-bond acceptors (Lipinski definition) is 6. The third-order valence-electron chi connectivity index (χ3n) is 8.84. The van der Waals surface area contributed by atoms with Gasteiger partial charge in [-0.15, -0.1) is 0 Å². The summed E-state index contributed by atoms with van der Waals surface area (Å²) in [4.78, 5) is 68.6. The zero-order valence-corrected chi connectivity index (χ0v) is 28.8. The second kappa shape index (κ2) is 18.1. The Kier molecular flexibility index (Phi) is 12.9. The maximum absolute atomic E-state index is 14.1. The van der Waals surface area contributed by atoms with Gasteiger partial charge in [-0.25, -0.2) is 0 Å². The Morgan fingerprint density at radius 1 is 0.808 bits per heavy atom. The van der Waals surface area contributed by atoms with Gasteiger partial charge < -0.3 is 37.2 Å². The molecule has 5 amide bonds. The third kappa shape index (κ3) is 10.4. The van der Waals surface area contributed by atoms with Gasteiger partial charge in [-0.05, 0) is 66.3 Å². The Morgan fingerprint density at radius 2 is 1.50 bits per heavy atom. The van der Waals surface area contributed by atoms with E-state index in [4.69, 9.17) is 11.1 Å². The van der Waals surface area contributed by atoms with Gasteiger partial charge in [0, 0.05) is 30.8 Å². The highest BCUT2D eigenvalue weighted by Crippen LogP contribution is 2.23. The Balaban J connectivity index is 1.24. The number of hydrogen-bond donors (Lipinski definition) is 7. The van der Waals surface area contributed by atoms with Gasteiger partial charge in [-0.3, -0.25) is 29.4 Å². The molecule has 1 fully saturated rings. The summed E-state index contributed by atoms with van der Waals surface area (Å²) in [6.07, 6.45) is 1.89. The number of nitrogens with one attached hydrogen (secondary N) is 6. The number of anilines is 1. The molecular formula is C39H44N8O5. The van der Waals surface area contributed by atoms with E-state index >= 15 is 0 Å². The minimum absolute atomic E-state index is 0.174. The van der Waals surface area contributed by atoms with Crippen molar-refractivity contribution in [3.05, 3.63) is 114 Å². The molecule has 0 aromatic heterocycles. The lowest BCUT2D eigenvalue weighted by Crippen LogP contribution is -2.55. The van der Waals surface area contributed by atoms with Crippen LogP contribution in [0.5, 0.6) is 0 Å². The largest absolute Gasteiger partial charge is 0.370 e. The first-order chi connectivity index (χ1) is 25.2. The van der Waals surface area contributed by atoms with E-state index in [-0.39, 0.29) is 24.7 Å². The van der Waals surface area contributed by atoms with E-state index in [9.17, 15) is 24.0 Å². The van der Waals surface area contributed by atoms with Crippen LogP contribution in [0, 0.1) is 5.41 Å². The Morgan fingerprint density at radius 3 is 2.23 bits per heavy atom. The highest BCUT2D eigenvalue weighted by molar-refractivity contribution is 6.01. The van der Waals surface area contributed by atoms with Gasteiger partial charge in [0.25, 0.3) is 5.91 Å². The maximum atomic E-state index is 14.1. The van der Waals surface area contributed by atoms with Crippen LogP contribution in [-0.2, 0) is 25.6 Å². The minimum atomic E-state index is -1.01. The Hall–Kier alpha value is -6.24. The average Bonchev–Trinajstić information content (AvgIpc) is 3.65. The third-order valence-corrected chi connectivity index (χ3v) is 8.84. The van der Waals surface area contributed by atoms with Crippen molar-refractivity contribution >= 4 is 52.0 Å². The topological polar surface area (TPSA) is 199 Å². The maximum Gasteiger partial charge on any atom is 0.251 e. The monoisotopic (exact) mass is 704 g/mol. The molecule has 13 heteroatoms. The molecule has 8 N–H and O–H groups in total. The zero-order chi connectivity index (χ0) is 36.9. The van der Waals surface area contributed by atoms with Crippen LogP contribution in [0.4, 0.5) is 5.69 Å². The van der Waals surface area contributed by atoms with Crippen molar-refractivity contribution in [1.82, 2.24) is 26.2 Å². The molecule has 1 heterocycles. The van der Waals surface area contributed by atoms with Crippen molar-refractivity contribution in [2.45, 2.75) is 50.2 Å². The van der Waals surface area contributed by atoms with Crippen LogP contribution in [0.25, 0.3) is 10.8 Å². The molecule has 3 atom stereocenters. The fourth-order valence-electron chi connectivity index (χ4n) is 6.21. The summed E-state index contributed by atoms with van der Waals surface area (Å²) in [5, 5.41) is 23.1. The van der Waals surface area contributed by atoms with E-state index in [0.29, 0.717) is 43.6 Å². The van der Waals surface area contributed by atoms with Crippen LogP contribution in [0.15, 0.2) is 103 Å². The number of fused-ring (bicyclic) bond motifs is 1. The van der Waals surface area contributed by atoms with Crippen molar-refractivity contribution in [2.75, 3.05) is 25.0 Å². The highest BCUT2D eigenvalue weighted by Gasteiger charge is 2.38. The number of amides is 5. The van der Waals surface area contributed by atoms with Gasteiger partial charge in [0.2, 0.25) is 23.6 Å². The number of rotatable bonds is 15. The first kappa shape index (κ1) is 37.0. The lowest BCUT2D eigenvalue weighted by Gasteiger charge is -2.29. The Bertz CT molecular complexity index is 1890. The van der Waals surface area contributed by atoms with E-state index in [1.54, 1.807) is 30.3 Å². The summed E-state index contributed by atoms with van der Waals surface area (Å²) in [7, 11) is 0. The molecular weight excluding hydrogens is 660 g/mol. The minimum Gasteiger partial charge on any atom is -0.370 e. The van der Waals surface area contributed by atoms with Gasteiger partial charge in [0.05, 0.1) is 6.54 Å². The first-order valence-corrected chi connectivity index (χ1v) is 17.3. The van der Waals surface area contributed by atoms with Crippen LogP contribution >= 0.6 is 0 Å². The van der Waals surface area contributed by atoms with E-state index in [0.717, 1.165) is 16.3 Å². The number of carbonyl (C=O) groups is 5. The normalized spacial score (nSPS) is 14.8. The molecule has 1 saturated heterocycles. The van der Waals surface area contributed by atoms with Crippen molar-refractivity contribution in [2.24, 2.45) is 5.73 Å². The molecule has 52 heavy (non-hydrogen) atoms. The molecule has 0 spiro atoms. The van der Waals surface area contributed by atoms with Gasteiger partial charge in [0.1, 0.15) is 18.1 Å². The molecule has 0 bridgehead atoms. The number of guanidine groups is 1. The second-order valence-corrected chi connectivity index (χ2v) is 12.6. The van der Waals surface area contributed by atoms with E-state index in [1.165, 1.54) is 4.90 Å². The second-order valence-electron chi connectivity index (χ2n) is 12.6. The molecule has 1 aliphatic heterocycles. The lowest BCUT2D eigenvalue weighted by atomic mass is 10.0. The highest BCUT2D eigenvalue weighted by atomic mass is 16.2. The number of nitrogens with zero attached hydrogens (tertiary/aromatic N) is 1. The molecule has 270 valence electrons. The van der Waals surface area contributed by atoms with Crippen molar-refractivity contribution in [1.29, 1.82) is 5.41 Å². The zero-order valence-electron chi connectivity index (χ0n) is 28.8. The van der Waals surface area contributed by atoms with Crippen molar-refractivity contribution in [3.63, 3.8) is 0 Å². The van der Waals surface area contributed by atoms with Crippen LogP contribution in [-0.4, -0.2) is 78.2 Å². The van der Waals surface area contributed by atoms with E-state index in [1.807, 2.05) is 72.8 Å². The molecule has 0 radical (unpaired) electrons. The predicted molar refractivity (Wildman–Crippen MR) is 199 cm³/mol. The lowest BCUT2D eigenvalue weighted by molar-refractivity contribution is -0.140. The number of benzene rings is 4. The summed E-state index contributed by atoms with van der Waals surface area (Å²) >= 11 is 0. The van der Waals surface area contributed by atoms with Gasteiger partial charge >= 0.3 is 0 Å². The van der Waals surface area contributed by atoms with Crippen LogP contribution < -0.4 is 32.3 Å². The fraction of sp³-hybridized carbons (Fsp3) is 0.282. The molecule has 5 rings (SSSR count). The van der Waals surface area contributed by atoms with Crippen LogP contribution in [0.1, 0.15) is 41.6 Å². The molecule has 0 saturated carbocycles. The number of nitrogens with two attached hydrogens (primary N) is 1. The summed E-state index contributed by atoms with van der Waals surface area (Å²) in [5.41, 5.74) is 7.16.